The van der Waals surface area contributed by atoms with Gasteiger partial charge in [-0.15, -0.1) is 0 Å². The lowest BCUT2D eigenvalue weighted by molar-refractivity contribution is 0.109. The Morgan fingerprint density at radius 1 is 0.852 bits per heavy atom. The van der Waals surface area contributed by atoms with Gasteiger partial charge in [0.2, 0.25) is 0 Å². The highest BCUT2D eigenvalue weighted by Gasteiger charge is 2.38. The van der Waals surface area contributed by atoms with Gasteiger partial charge in [0.05, 0.1) is 13.2 Å². The number of alkyl carbamates (subject to hydrolysis) is 2. The second kappa shape index (κ2) is 13.2. The number of rotatable bonds is 12. The molecule has 154 valence electrons. The molecule has 2 N–H and O–H groups in total. The van der Waals surface area contributed by atoms with E-state index < -0.39 is 17.8 Å². The number of hydrogen-bond acceptors (Lipinski definition) is 4. The summed E-state index contributed by atoms with van der Waals surface area (Å²) in [5.74, 6) is -0.136. The van der Waals surface area contributed by atoms with Crippen molar-refractivity contribution in [3.8, 4) is 0 Å². The van der Waals surface area contributed by atoms with Crippen molar-refractivity contribution in [2.24, 2.45) is 5.92 Å². The molecule has 0 aromatic rings. The minimum Gasteiger partial charge on any atom is -0.450 e. The third-order valence-corrected chi connectivity index (χ3v) is 4.67. The van der Waals surface area contributed by atoms with E-state index in [1.54, 1.807) is 12.2 Å². The third kappa shape index (κ3) is 8.98. The molecule has 1 unspecified atom stereocenters. The molecule has 0 spiro atoms. The SMILES string of the molecule is CCCCCCOC(=O)NC1(NC(=O)OCCCCCC)C=CC=CC1C. The monoisotopic (exact) mass is 380 g/mol. The van der Waals surface area contributed by atoms with Gasteiger partial charge in [0.15, 0.2) is 0 Å². The van der Waals surface area contributed by atoms with Crippen LogP contribution >= 0.6 is 0 Å². The molecule has 0 aliphatic heterocycles. The average molecular weight is 381 g/mol. The van der Waals surface area contributed by atoms with Gasteiger partial charge in [-0.1, -0.05) is 77.5 Å². The lowest BCUT2D eigenvalue weighted by atomic mass is 9.90. The second-order valence-electron chi connectivity index (χ2n) is 7.04. The molecule has 0 saturated carbocycles. The maximum absolute atomic E-state index is 12.2. The molecule has 1 aliphatic rings. The van der Waals surface area contributed by atoms with Crippen LogP contribution in [0.15, 0.2) is 24.3 Å². The number of nitrogens with one attached hydrogen (secondary N) is 2. The Hall–Kier alpha value is -1.98. The van der Waals surface area contributed by atoms with Gasteiger partial charge in [-0.25, -0.2) is 9.59 Å². The number of unbranched alkanes of at least 4 members (excludes halogenated alkanes) is 6. The van der Waals surface area contributed by atoms with Crippen molar-refractivity contribution in [2.75, 3.05) is 13.2 Å². The first-order chi connectivity index (χ1) is 13.0. The molecule has 1 aliphatic carbocycles. The Morgan fingerprint density at radius 2 is 1.37 bits per heavy atom. The molecule has 1 rings (SSSR count). The molecule has 6 nitrogen and oxygen atoms in total. The second-order valence-corrected chi connectivity index (χ2v) is 7.04. The van der Waals surface area contributed by atoms with Crippen LogP contribution in [0.5, 0.6) is 0 Å². The van der Waals surface area contributed by atoms with Crippen LogP contribution in [0.3, 0.4) is 0 Å². The van der Waals surface area contributed by atoms with Crippen LogP contribution < -0.4 is 10.6 Å². The first-order valence-electron chi connectivity index (χ1n) is 10.3. The quantitative estimate of drug-likeness (QED) is 0.366. The molecule has 6 heteroatoms. The normalized spacial score (nSPS) is 17.4. The third-order valence-electron chi connectivity index (χ3n) is 4.67. The number of allylic oxidation sites excluding steroid dienone is 2. The van der Waals surface area contributed by atoms with E-state index in [4.69, 9.17) is 9.47 Å². The standard InChI is InChI=1S/C21H36N2O4/c1-4-6-8-12-16-26-19(24)22-21(15-11-10-14-18(21)3)23-20(25)27-17-13-9-7-5-2/h10-11,14-15,18H,4-9,12-13,16-17H2,1-3H3,(H,22,24)(H,23,25). The van der Waals surface area contributed by atoms with E-state index in [-0.39, 0.29) is 5.92 Å². The Kier molecular flexibility index (Phi) is 11.3. The van der Waals surface area contributed by atoms with Gasteiger partial charge in [0.25, 0.3) is 0 Å². The van der Waals surface area contributed by atoms with Crippen molar-refractivity contribution >= 4 is 12.2 Å². The summed E-state index contributed by atoms with van der Waals surface area (Å²) < 4.78 is 10.5. The van der Waals surface area contributed by atoms with E-state index in [1.165, 1.54) is 0 Å². The Labute approximate surface area is 163 Å². The van der Waals surface area contributed by atoms with Crippen LogP contribution in [0, 0.1) is 5.92 Å². The van der Waals surface area contributed by atoms with Crippen LogP contribution in [0.4, 0.5) is 9.59 Å². The van der Waals surface area contributed by atoms with E-state index >= 15 is 0 Å². The first kappa shape index (κ1) is 23.1. The molecular weight excluding hydrogens is 344 g/mol. The molecule has 2 amide bonds. The van der Waals surface area contributed by atoms with Gasteiger partial charge in [0.1, 0.15) is 5.66 Å². The lowest BCUT2D eigenvalue weighted by Gasteiger charge is -2.37. The van der Waals surface area contributed by atoms with Gasteiger partial charge in [0, 0.05) is 5.92 Å². The average Bonchev–Trinajstić information content (AvgIpc) is 2.64. The predicted molar refractivity (Wildman–Crippen MR) is 107 cm³/mol. The molecule has 27 heavy (non-hydrogen) atoms. The summed E-state index contributed by atoms with van der Waals surface area (Å²) in [5.41, 5.74) is -1.05. The number of hydrogen-bond donors (Lipinski definition) is 2. The van der Waals surface area contributed by atoms with Crippen molar-refractivity contribution in [1.82, 2.24) is 10.6 Å². The van der Waals surface area contributed by atoms with Crippen LogP contribution in [0.25, 0.3) is 0 Å². The Morgan fingerprint density at radius 3 is 1.81 bits per heavy atom. The fourth-order valence-electron chi connectivity index (χ4n) is 2.88. The highest BCUT2D eigenvalue weighted by molar-refractivity contribution is 5.73. The van der Waals surface area contributed by atoms with E-state index in [2.05, 4.69) is 24.5 Å². The maximum atomic E-state index is 12.2. The summed E-state index contributed by atoms with van der Waals surface area (Å²) in [6.45, 7) is 6.94. The van der Waals surface area contributed by atoms with Crippen LogP contribution in [-0.2, 0) is 9.47 Å². The first-order valence-corrected chi connectivity index (χ1v) is 10.3. The maximum Gasteiger partial charge on any atom is 0.409 e. The highest BCUT2D eigenvalue weighted by Crippen LogP contribution is 2.22. The molecule has 1 atom stereocenters. The van der Waals surface area contributed by atoms with Gasteiger partial charge in [-0.2, -0.15) is 0 Å². The topological polar surface area (TPSA) is 76.7 Å². The minimum atomic E-state index is -1.05. The molecule has 0 aromatic carbocycles. The summed E-state index contributed by atoms with van der Waals surface area (Å²) >= 11 is 0. The molecular formula is C21H36N2O4. The Balaban J connectivity index is 2.52. The summed E-state index contributed by atoms with van der Waals surface area (Å²) in [6.07, 6.45) is 14.6. The fraction of sp³-hybridized carbons (Fsp3) is 0.714. The van der Waals surface area contributed by atoms with Crippen molar-refractivity contribution in [3.63, 3.8) is 0 Å². The summed E-state index contributed by atoms with van der Waals surface area (Å²) in [4.78, 5) is 24.5. The van der Waals surface area contributed by atoms with Crippen molar-refractivity contribution in [3.05, 3.63) is 24.3 Å². The molecule has 0 radical (unpaired) electrons. The van der Waals surface area contributed by atoms with Crippen molar-refractivity contribution in [2.45, 2.75) is 77.8 Å². The van der Waals surface area contributed by atoms with Crippen LogP contribution in [0.1, 0.15) is 72.1 Å². The van der Waals surface area contributed by atoms with Crippen molar-refractivity contribution in [1.29, 1.82) is 0 Å². The van der Waals surface area contributed by atoms with E-state index in [0.29, 0.717) is 13.2 Å². The van der Waals surface area contributed by atoms with Crippen LogP contribution in [-0.4, -0.2) is 31.1 Å². The smallest absolute Gasteiger partial charge is 0.409 e. The summed E-state index contributed by atoms with van der Waals surface area (Å²) in [5, 5.41) is 5.61. The fourth-order valence-corrected chi connectivity index (χ4v) is 2.88. The molecule has 0 bridgehead atoms. The van der Waals surface area contributed by atoms with Gasteiger partial charge in [-0.05, 0) is 18.9 Å². The van der Waals surface area contributed by atoms with E-state index in [0.717, 1.165) is 51.4 Å². The lowest BCUT2D eigenvalue weighted by Crippen LogP contribution is -2.63. The molecule has 0 saturated heterocycles. The zero-order valence-corrected chi connectivity index (χ0v) is 17.1. The van der Waals surface area contributed by atoms with Crippen LogP contribution in [0.2, 0.25) is 0 Å². The van der Waals surface area contributed by atoms with Gasteiger partial charge < -0.3 is 9.47 Å². The van der Waals surface area contributed by atoms with Crippen molar-refractivity contribution < 1.29 is 19.1 Å². The zero-order chi connectivity index (χ0) is 20.0. The zero-order valence-electron chi connectivity index (χ0n) is 17.1. The highest BCUT2D eigenvalue weighted by atomic mass is 16.6. The number of amides is 2. The number of carbonyl (C=O) groups excluding carboxylic acids is 2. The molecule has 0 aromatic heterocycles. The van der Waals surface area contributed by atoms with Gasteiger partial charge in [-0.3, -0.25) is 10.6 Å². The minimum absolute atomic E-state index is 0.136. The number of ether oxygens (including phenoxy) is 2. The van der Waals surface area contributed by atoms with E-state index in [1.807, 2.05) is 19.1 Å². The Bertz CT molecular complexity index is 474. The largest absolute Gasteiger partial charge is 0.450 e. The molecule has 0 fully saturated rings. The summed E-state index contributed by atoms with van der Waals surface area (Å²) in [7, 11) is 0. The predicted octanol–water partition coefficient (Wildman–Crippen LogP) is 5.06. The van der Waals surface area contributed by atoms with Gasteiger partial charge >= 0.3 is 12.2 Å². The van der Waals surface area contributed by atoms with E-state index in [9.17, 15) is 9.59 Å². The summed E-state index contributed by atoms with van der Waals surface area (Å²) in [6, 6.07) is 0. The molecule has 0 heterocycles. The number of carbonyl (C=O) groups is 2.